The number of nitrogens with one attached hydrogen (secondary N) is 1. The first-order chi connectivity index (χ1) is 13.8. The highest BCUT2D eigenvalue weighted by molar-refractivity contribution is 7.17. The molecule has 0 atom stereocenters. The monoisotopic (exact) mass is 417 g/mol. The van der Waals surface area contributed by atoms with E-state index in [0.717, 1.165) is 23.5 Å². The van der Waals surface area contributed by atoms with Crippen molar-refractivity contribution in [3.8, 4) is 10.6 Å². The SMILES string of the molecule is Cc1nc(-c2ccc(C(F)(F)F)cc2)sc1C(=O)NCc1nnc2ccccn12. The third-order valence-electron chi connectivity index (χ3n) is 4.25. The van der Waals surface area contributed by atoms with Crippen LogP contribution in [0.25, 0.3) is 16.2 Å². The van der Waals surface area contributed by atoms with Crippen LogP contribution in [-0.2, 0) is 12.7 Å². The summed E-state index contributed by atoms with van der Waals surface area (Å²) in [5.74, 6) is 0.255. The Hall–Kier alpha value is -3.27. The maximum atomic E-state index is 12.7. The first-order valence-corrected chi connectivity index (χ1v) is 9.36. The van der Waals surface area contributed by atoms with E-state index in [1.54, 1.807) is 17.5 Å². The van der Waals surface area contributed by atoms with Crippen LogP contribution in [0.4, 0.5) is 13.2 Å². The van der Waals surface area contributed by atoms with Crippen LogP contribution in [0.2, 0.25) is 0 Å². The van der Waals surface area contributed by atoms with Crippen LogP contribution in [0.15, 0.2) is 48.7 Å². The van der Waals surface area contributed by atoms with Gasteiger partial charge in [-0.05, 0) is 31.2 Å². The van der Waals surface area contributed by atoms with Gasteiger partial charge in [0.15, 0.2) is 11.5 Å². The number of rotatable bonds is 4. The second-order valence-electron chi connectivity index (χ2n) is 6.24. The average molecular weight is 417 g/mol. The molecular formula is C19H14F3N5OS. The number of hydrogen-bond acceptors (Lipinski definition) is 5. The second kappa shape index (κ2) is 7.28. The first kappa shape index (κ1) is 19.1. The number of aromatic nitrogens is 4. The normalized spacial score (nSPS) is 11.7. The number of benzene rings is 1. The maximum absolute atomic E-state index is 12.7. The van der Waals surface area contributed by atoms with Crippen molar-refractivity contribution in [2.24, 2.45) is 0 Å². The zero-order valence-electron chi connectivity index (χ0n) is 15.1. The molecule has 4 aromatic rings. The summed E-state index contributed by atoms with van der Waals surface area (Å²) in [7, 11) is 0. The van der Waals surface area contributed by atoms with Gasteiger partial charge in [-0.3, -0.25) is 9.20 Å². The largest absolute Gasteiger partial charge is 0.416 e. The molecule has 0 saturated heterocycles. The first-order valence-electron chi connectivity index (χ1n) is 8.55. The fraction of sp³-hybridized carbons (Fsp3) is 0.158. The number of thiazole rings is 1. The maximum Gasteiger partial charge on any atom is 0.416 e. The van der Waals surface area contributed by atoms with Gasteiger partial charge in [0.05, 0.1) is 17.8 Å². The highest BCUT2D eigenvalue weighted by Crippen LogP contribution is 2.33. The van der Waals surface area contributed by atoms with Crippen LogP contribution in [-0.4, -0.2) is 25.5 Å². The number of alkyl halides is 3. The van der Waals surface area contributed by atoms with Crippen LogP contribution in [0.5, 0.6) is 0 Å². The molecule has 6 nitrogen and oxygen atoms in total. The molecule has 29 heavy (non-hydrogen) atoms. The van der Waals surface area contributed by atoms with Gasteiger partial charge in [0.25, 0.3) is 5.91 Å². The predicted octanol–water partition coefficient (Wildman–Crippen LogP) is 4.11. The molecule has 10 heteroatoms. The Balaban J connectivity index is 1.50. The lowest BCUT2D eigenvalue weighted by atomic mass is 10.1. The summed E-state index contributed by atoms with van der Waals surface area (Å²) in [6, 6.07) is 10.2. The number of amides is 1. The third kappa shape index (κ3) is 3.83. The van der Waals surface area contributed by atoms with Crippen molar-refractivity contribution >= 4 is 22.9 Å². The number of halogens is 3. The van der Waals surface area contributed by atoms with Gasteiger partial charge >= 0.3 is 6.18 Å². The van der Waals surface area contributed by atoms with Gasteiger partial charge in [-0.1, -0.05) is 18.2 Å². The highest BCUT2D eigenvalue weighted by Gasteiger charge is 2.30. The topological polar surface area (TPSA) is 72.2 Å². The number of pyridine rings is 1. The number of hydrogen-bond donors (Lipinski definition) is 1. The van der Waals surface area contributed by atoms with Gasteiger partial charge in [0.1, 0.15) is 9.88 Å². The van der Waals surface area contributed by atoms with E-state index in [-0.39, 0.29) is 12.5 Å². The molecule has 0 aliphatic heterocycles. The Bertz CT molecular complexity index is 1180. The Labute approximate surface area is 167 Å². The van der Waals surface area contributed by atoms with E-state index in [9.17, 15) is 18.0 Å². The quantitative estimate of drug-likeness (QED) is 0.543. The van der Waals surface area contributed by atoms with E-state index in [1.807, 2.05) is 18.2 Å². The molecule has 1 N–H and O–H groups in total. The number of fused-ring (bicyclic) bond motifs is 1. The van der Waals surface area contributed by atoms with Gasteiger partial charge in [0.2, 0.25) is 0 Å². The van der Waals surface area contributed by atoms with Gasteiger partial charge in [-0.15, -0.1) is 21.5 Å². The fourth-order valence-electron chi connectivity index (χ4n) is 2.78. The lowest BCUT2D eigenvalue weighted by Gasteiger charge is -2.06. The van der Waals surface area contributed by atoms with Gasteiger partial charge in [0, 0.05) is 11.8 Å². The predicted molar refractivity (Wildman–Crippen MR) is 101 cm³/mol. The summed E-state index contributed by atoms with van der Waals surface area (Å²) < 4.78 is 39.9. The Morgan fingerprint density at radius 3 is 2.62 bits per heavy atom. The molecule has 3 aromatic heterocycles. The molecule has 0 radical (unpaired) electrons. The molecule has 1 aromatic carbocycles. The lowest BCUT2D eigenvalue weighted by molar-refractivity contribution is -0.137. The van der Waals surface area contributed by atoms with Crippen molar-refractivity contribution in [1.29, 1.82) is 0 Å². The van der Waals surface area contributed by atoms with Crippen molar-refractivity contribution in [3.63, 3.8) is 0 Å². The summed E-state index contributed by atoms with van der Waals surface area (Å²) in [4.78, 5) is 17.3. The standard InChI is InChI=1S/C19H14F3N5OS/c1-11-16(17(28)23-10-15-26-25-14-4-2-3-9-27(14)15)29-18(24-11)12-5-7-13(8-6-12)19(20,21)22/h2-9H,10H2,1H3,(H,23,28). The van der Waals surface area contributed by atoms with E-state index in [0.29, 0.717) is 32.6 Å². The second-order valence-corrected chi connectivity index (χ2v) is 7.24. The summed E-state index contributed by atoms with van der Waals surface area (Å²) in [6.45, 7) is 1.86. The Kier molecular flexibility index (Phi) is 4.79. The molecule has 3 heterocycles. The summed E-state index contributed by atoms with van der Waals surface area (Å²) in [5, 5.41) is 11.4. The van der Waals surface area contributed by atoms with E-state index < -0.39 is 11.7 Å². The summed E-state index contributed by atoms with van der Waals surface area (Å²) in [5.41, 5.74) is 0.977. The van der Waals surface area contributed by atoms with Crippen LogP contribution in [0.1, 0.15) is 26.8 Å². The summed E-state index contributed by atoms with van der Waals surface area (Å²) in [6.07, 6.45) is -2.59. The minimum atomic E-state index is -4.39. The van der Waals surface area contributed by atoms with Gasteiger partial charge < -0.3 is 5.32 Å². The molecule has 1 amide bonds. The average Bonchev–Trinajstić information content (AvgIpc) is 3.29. The van der Waals surface area contributed by atoms with E-state index in [4.69, 9.17) is 0 Å². The molecule has 148 valence electrons. The molecule has 0 unspecified atom stereocenters. The minimum Gasteiger partial charge on any atom is -0.344 e. The molecule has 0 aliphatic carbocycles. The smallest absolute Gasteiger partial charge is 0.344 e. The van der Waals surface area contributed by atoms with Crippen molar-refractivity contribution in [3.05, 3.63) is 70.6 Å². The lowest BCUT2D eigenvalue weighted by Crippen LogP contribution is -2.23. The Morgan fingerprint density at radius 2 is 1.90 bits per heavy atom. The van der Waals surface area contributed by atoms with Gasteiger partial charge in [-0.2, -0.15) is 13.2 Å². The van der Waals surface area contributed by atoms with E-state index in [2.05, 4.69) is 20.5 Å². The number of carbonyl (C=O) groups excluding carboxylic acids is 1. The zero-order valence-corrected chi connectivity index (χ0v) is 15.9. The minimum absolute atomic E-state index is 0.178. The van der Waals surface area contributed by atoms with Crippen LogP contribution < -0.4 is 5.32 Å². The number of carbonyl (C=O) groups is 1. The van der Waals surface area contributed by atoms with Crippen molar-refractivity contribution in [2.45, 2.75) is 19.6 Å². The molecular weight excluding hydrogens is 403 g/mol. The van der Waals surface area contributed by atoms with Crippen molar-refractivity contribution in [1.82, 2.24) is 24.9 Å². The fourth-order valence-corrected chi connectivity index (χ4v) is 3.77. The molecule has 0 aliphatic rings. The molecule has 0 saturated carbocycles. The number of aryl methyl sites for hydroxylation is 1. The Morgan fingerprint density at radius 1 is 1.14 bits per heavy atom. The van der Waals surface area contributed by atoms with E-state index in [1.165, 1.54) is 12.1 Å². The van der Waals surface area contributed by atoms with Crippen LogP contribution in [0, 0.1) is 6.92 Å². The van der Waals surface area contributed by atoms with Crippen LogP contribution >= 0.6 is 11.3 Å². The molecule has 4 rings (SSSR count). The van der Waals surface area contributed by atoms with E-state index >= 15 is 0 Å². The molecule has 0 fully saturated rings. The van der Waals surface area contributed by atoms with Crippen molar-refractivity contribution < 1.29 is 18.0 Å². The third-order valence-corrected chi connectivity index (χ3v) is 5.46. The highest BCUT2D eigenvalue weighted by atomic mass is 32.1. The van der Waals surface area contributed by atoms with Gasteiger partial charge in [-0.25, -0.2) is 4.98 Å². The number of nitrogens with zero attached hydrogens (tertiary/aromatic N) is 4. The summed E-state index contributed by atoms with van der Waals surface area (Å²) >= 11 is 1.13. The van der Waals surface area contributed by atoms with Crippen LogP contribution in [0.3, 0.4) is 0 Å². The molecule has 0 spiro atoms. The van der Waals surface area contributed by atoms with Crippen molar-refractivity contribution in [2.75, 3.05) is 0 Å². The zero-order chi connectivity index (χ0) is 20.6. The molecule has 0 bridgehead atoms.